The molecule has 0 bridgehead atoms. The van der Waals surface area contributed by atoms with E-state index in [1.165, 1.54) is 13.2 Å². The Morgan fingerprint density at radius 1 is 1.53 bits per heavy atom. The summed E-state index contributed by atoms with van der Waals surface area (Å²) in [7, 11) is 1.52. The van der Waals surface area contributed by atoms with Crippen LogP contribution < -0.4 is 9.47 Å². The fraction of sp³-hybridized carbons (Fsp3) is 0.300. The largest absolute Gasteiger partial charge is 0.497 e. The third-order valence-corrected chi connectivity index (χ3v) is 2.08. The molecule has 1 N–H and O–H groups in total. The Morgan fingerprint density at radius 3 is 2.80 bits per heavy atom. The summed E-state index contributed by atoms with van der Waals surface area (Å²) >= 11 is 3.20. The minimum absolute atomic E-state index is 0.136. The summed E-state index contributed by atoms with van der Waals surface area (Å²) in [4.78, 5) is 10.9. The Morgan fingerprint density at radius 2 is 2.27 bits per heavy atom. The molecule has 15 heavy (non-hydrogen) atoms. The van der Waals surface area contributed by atoms with Crippen molar-refractivity contribution in [3.63, 3.8) is 0 Å². The van der Waals surface area contributed by atoms with E-state index in [0.29, 0.717) is 23.4 Å². The van der Waals surface area contributed by atoms with Gasteiger partial charge in [-0.15, -0.1) is 0 Å². The highest BCUT2D eigenvalue weighted by Crippen LogP contribution is 2.24. The van der Waals surface area contributed by atoms with Crippen LogP contribution in [0.2, 0.25) is 0 Å². The molecule has 1 aromatic carbocycles. The Labute approximate surface area is 95.9 Å². The maximum Gasteiger partial charge on any atom is 0.339 e. The van der Waals surface area contributed by atoms with E-state index in [4.69, 9.17) is 14.6 Å². The van der Waals surface area contributed by atoms with Crippen LogP contribution in [0.3, 0.4) is 0 Å². The quantitative estimate of drug-likeness (QED) is 0.837. The lowest BCUT2D eigenvalue weighted by Crippen LogP contribution is -2.05. The number of halogens is 1. The minimum atomic E-state index is -1.01. The third kappa shape index (κ3) is 3.13. The van der Waals surface area contributed by atoms with Gasteiger partial charge in [0.15, 0.2) is 0 Å². The molecule has 0 fully saturated rings. The van der Waals surface area contributed by atoms with Gasteiger partial charge >= 0.3 is 5.97 Å². The monoisotopic (exact) mass is 274 g/mol. The normalized spacial score (nSPS) is 9.73. The molecular weight excluding hydrogens is 264 g/mol. The van der Waals surface area contributed by atoms with Gasteiger partial charge in [-0.3, -0.25) is 0 Å². The molecule has 0 unspecified atom stereocenters. The van der Waals surface area contributed by atoms with Gasteiger partial charge in [0, 0.05) is 11.4 Å². The number of methoxy groups -OCH3 is 1. The predicted molar refractivity (Wildman–Crippen MR) is 59.2 cm³/mol. The van der Waals surface area contributed by atoms with E-state index in [1.54, 1.807) is 12.1 Å². The summed E-state index contributed by atoms with van der Waals surface area (Å²) in [5.74, 6) is -0.118. The number of rotatable bonds is 5. The number of alkyl halides is 1. The van der Waals surface area contributed by atoms with Gasteiger partial charge in [0.1, 0.15) is 17.1 Å². The molecule has 0 aliphatic rings. The van der Waals surface area contributed by atoms with E-state index in [1.807, 2.05) is 0 Å². The maximum absolute atomic E-state index is 10.9. The van der Waals surface area contributed by atoms with Gasteiger partial charge in [0.25, 0.3) is 0 Å². The molecule has 0 aliphatic carbocycles. The van der Waals surface area contributed by atoms with Crippen LogP contribution in [0.4, 0.5) is 0 Å². The summed E-state index contributed by atoms with van der Waals surface area (Å²) in [6, 6.07) is 4.61. The van der Waals surface area contributed by atoms with E-state index in [0.717, 1.165) is 0 Å². The SMILES string of the molecule is COc1ccc(C(=O)O)c(OCCBr)c1. The third-order valence-electron chi connectivity index (χ3n) is 1.75. The second kappa shape index (κ2) is 5.60. The standard InChI is InChI=1S/C10H11BrO4/c1-14-7-2-3-8(10(12)13)9(6-7)15-5-4-11/h2-3,6H,4-5H2,1H3,(H,12,13). The van der Waals surface area contributed by atoms with Gasteiger partial charge in [-0.1, -0.05) is 15.9 Å². The molecule has 0 amide bonds. The highest BCUT2D eigenvalue weighted by atomic mass is 79.9. The maximum atomic E-state index is 10.9. The molecule has 0 radical (unpaired) electrons. The van der Waals surface area contributed by atoms with Crippen LogP contribution in [0.5, 0.6) is 11.5 Å². The summed E-state index contributed by atoms with van der Waals surface area (Å²) in [6.07, 6.45) is 0. The van der Waals surface area contributed by atoms with E-state index in [9.17, 15) is 4.79 Å². The number of hydrogen-bond donors (Lipinski definition) is 1. The zero-order valence-corrected chi connectivity index (χ0v) is 9.78. The molecule has 0 aromatic heterocycles. The highest BCUT2D eigenvalue weighted by Gasteiger charge is 2.12. The lowest BCUT2D eigenvalue weighted by Gasteiger charge is -2.09. The average Bonchev–Trinajstić information content (AvgIpc) is 2.25. The molecule has 82 valence electrons. The first kappa shape index (κ1) is 11.8. The lowest BCUT2D eigenvalue weighted by atomic mass is 10.2. The van der Waals surface area contributed by atoms with Gasteiger partial charge in [0.2, 0.25) is 0 Å². The van der Waals surface area contributed by atoms with Crippen LogP contribution >= 0.6 is 15.9 Å². The van der Waals surface area contributed by atoms with Crippen LogP contribution in [0.25, 0.3) is 0 Å². The van der Waals surface area contributed by atoms with Gasteiger partial charge in [-0.2, -0.15) is 0 Å². The summed E-state index contributed by atoms with van der Waals surface area (Å²) in [5, 5.41) is 9.54. The van der Waals surface area contributed by atoms with Gasteiger partial charge < -0.3 is 14.6 Å². The fourth-order valence-corrected chi connectivity index (χ4v) is 1.24. The molecule has 1 rings (SSSR count). The first-order chi connectivity index (χ1) is 7.19. The number of carbonyl (C=O) groups is 1. The Balaban J connectivity index is 2.99. The molecule has 0 saturated heterocycles. The summed E-state index contributed by atoms with van der Waals surface area (Å²) in [5.41, 5.74) is 0.136. The van der Waals surface area contributed by atoms with Crippen molar-refractivity contribution in [1.82, 2.24) is 0 Å². The van der Waals surface area contributed by atoms with Crippen molar-refractivity contribution >= 4 is 21.9 Å². The first-order valence-electron chi connectivity index (χ1n) is 4.29. The Bertz CT molecular complexity index is 351. The minimum Gasteiger partial charge on any atom is -0.497 e. The number of aromatic carboxylic acids is 1. The molecule has 0 atom stereocenters. The first-order valence-corrected chi connectivity index (χ1v) is 5.41. The highest BCUT2D eigenvalue weighted by molar-refractivity contribution is 9.09. The molecule has 0 spiro atoms. The van der Waals surface area contributed by atoms with Crippen molar-refractivity contribution in [2.75, 3.05) is 19.0 Å². The van der Waals surface area contributed by atoms with Crippen molar-refractivity contribution in [2.24, 2.45) is 0 Å². The molecular formula is C10H11BrO4. The summed E-state index contributed by atoms with van der Waals surface area (Å²) < 4.78 is 10.3. The van der Waals surface area contributed by atoms with E-state index >= 15 is 0 Å². The average molecular weight is 275 g/mol. The van der Waals surface area contributed by atoms with E-state index in [2.05, 4.69) is 15.9 Å². The zero-order chi connectivity index (χ0) is 11.3. The van der Waals surface area contributed by atoms with Crippen LogP contribution in [-0.2, 0) is 0 Å². The van der Waals surface area contributed by atoms with Crippen molar-refractivity contribution < 1.29 is 19.4 Å². The Hall–Kier alpha value is -1.23. The van der Waals surface area contributed by atoms with Gasteiger partial charge in [0.05, 0.1) is 13.7 Å². The number of carboxylic acids is 1. The Kier molecular flexibility index (Phi) is 4.42. The number of carboxylic acid groups (broad SMARTS) is 1. The number of benzene rings is 1. The fourth-order valence-electron chi connectivity index (χ4n) is 1.07. The van der Waals surface area contributed by atoms with Gasteiger partial charge in [-0.25, -0.2) is 4.79 Å². The van der Waals surface area contributed by atoms with Crippen molar-refractivity contribution in [1.29, 1.82) is 0 Å². The van der Waals surface area contributed by atoms with E-state index in [-0.39, 0.29) is 5.56 Å². The zero-order valence-electron chi connectivity index (χ0n) is 8.20. The van der Waals surface area contributed by atoms with E-state index < -0.39 is 5.97 Å². The number of hydrogen-bond acceptors (Lipinski definition) is 3. The topological polar surface area (TPSA) is 55.8 Å². The van der Waals surface area contributed by atoms with Crippen LogP contribution in [-0.4, -0.2) is 30.1 Å². The summed E-state index contributed by atoms with van der Waals surface area (Å²) in [6.45, 7) is 0.410. The number of ether oxygens (including phenoxy) is 2. The smallest absolute Gasteiger partial charge is 0.339 e. The molecule has 0 aliphatic heterocycles. The molecule has 0 saturated carbocycles. The second-order valence-electron chi connectivity index (χ2n) is 2.70. The molecule has 0 heterocycles. The van der Waals surface area contributed by atoms with Crippen LogP contribution in [0.1, 0.15) is 10.4 Å². The molecule has 5 heteroatoms. The van der Waals surface area contributed by atoms with Gasteiger partial charge in [-0.05, 0) is 12.1 Å². The van der Waals surface area contributed by atoms with Crippen molar-refractivity contribution in [3.8, 4) is 11.5 Å². The van der Waals surface area contributed by atoms with Crippen molar-refractivity contribution in [2.45, 2.75) is 0 Å². The van der Waals surface area contributed by atoms with Crippen LogP contribution in [0, 0.1) is 0 Å². The van der Waals surface area contributed by atoms with Crippen molar-refractivity contribution in [3.05, 3.63) is 23.8 Å². The lowest BCUT2D eigenvalue weighted by molar-refractivity contribution is 0.0692. The second-order valence-corrected chi connectivity index (χ2v) is 3.50. The van der Waals surface area contributed by atoms with Crippen LogP contribution in [0.15, 0.2) is 18.2 Å². The molecule has 4 nitrogen and oxygen atoms in total. The molecule has 1 aromatic rings. The predicted octanol–water partition coefficient (Wildman–Crippen LogP) is 2.17.